The second-order valence-corrected chi connectivity index (χ2v) is 9.24. The van der Waals surface area contributed by atoms with Crippen molar-refractivity contribution in [2.24, 2.45) is 11.8 Å². The van der Waals surface area contributed by atoms with Crippen LogP contribution in [0.4, 0.5) is 10.2 Å². The van der Waals surface area contributed by atoms with Crippen molar-refractivity contribution in [2.75, 3.05) is 18.4 Å². The fraction of sp³-hybridized carbons (Fsp3) is 0.435. The van der Waals surface area contributed by atoms with Crippen LogP contribution in [0, 0.1) is 24.6 Å². The molecule has 3 aromatic rings. The number of benzene rings is 1. The molecular weight excluding hydrogens is 383 g/mol. The van der Waals surface area contributed by atoms with E-state index < -0.39 is 0 Å². The number of anilines is 1. The molecule has 3 heterocycles. The van der Waals surface area contributed by atoms with Crippen LogP contribution in [0.3, 0.4) is 0 Å². The molecule has 1 aliphatic heterocycles. The predicted octanol–water partition coefficient (Wildman–Crippen LogP) is 4.12. The highest BCUT2D eigenvalue weighted by Gasteiger charge is 2.57. The number of fused-ring (bicyclic) bond motifs is 2. The van der Waals surface area contributed by atoms with Gasteiger partial charge in [0.1, 0.15) is 23.7 Å². The van der Waals surface area contributed by atoms with Crippen molar-refractivity contribution < 1.29 is 13.6 Å². The Morgan fingerprint density at radius 3 is 2.57 bits per heavy atom. The van der Waals surface area contributed by atoms with E-state index in [4.69, 9.17) is 4.42 Å². The van der Waals surface area contributed by atoms with E-state index in [1.165, 1.54) is 24.0 Å². The molecule has 1 saturated heterocycles. The third kappa shape index (κ3) is 2.71. The Morgan fingerprint density at radius 2 is 1.90 bits per heavy atom. The molecule has 6 nitrogen and oxygen atoms in total. The van der Waals surface area contributed by atoms with Gasteiger partial charge in [0.2, 0.25) is 5.71 Å². The Bertz CT molecular complexity index is 1160. The molecule has 7 heteroatoms. The van der Waals surface area contributed by atoms with Crippen LogP contribution in [-0.2, 0) is 0 Å². The standard InChI is InChI=1S/C23H23FN4O2/c1-12-17(19-20(27-23(2)7-8-23)25-11-26-21(19)30-12)22(29)28-9-15-16(10-28)18(15)13-3-5-14(24)6-4-13/h3-6,11,15-16,18H,7-10H2,1-2H3,(H,25,26,27)/t15-,16+,18+. The quantitative estimate of drug-likeness (QED) is 0.706. The zero-order valence-electron chi connectivity index (χ0n) is 17.0. The summed E-state index contributed by atoms with van der Waals surface area (Å²) >= 11 is 0. The molecule has 0 bridgehead atoms. The molecule has 3 atom stereocenters. The first-order valence-electron chi connectivity index (χ1n) is 10.5. The molecule has 1 N–H and O–H groups in total. The SMILES string of the molecule is Cc1oc2ncnc(NC3(C)CC3)c2c1C(=O)N1C[C@@H]2[C@H](C1)[C@H]2c1ccc(F)cc1. The first kappa shape index (κ1) is 17.9. The monoisotopic (exact) mass is 406 g/mol. The number of piperidine rings is 1. The molecule has 0 spiro atoms. The Morgan fingerprint density at radius 1 is 1.20 bits per heavy atom. The number of hydrogen-bond acceptors (Lipinski definition) is 5. The number of carbonyl (C=O) groups is 1. The summed E-state index contributed by atoms with van der Waals surface area (Å²) in [6.45, 7) is 5.40. The fourth-order valence-electron chi connectivity index (χ4n) is 5.02. The first-order valence-corrected chi connectivity index (χ1v) is 10.5. The third-order valence-electron chi connectivity index (χ3n) is 7.03. The third-order valence-corrected chi connectivity index (χ3v) is 7.03. The number of amides is 1. The summed E-state index contributed by atoms with van der Waals surface area (Å²) in [5.41, 5.74) is 2.22. The number of nitrogens with zero attached hydrogens (tertiary/aromatic N) is 3. The summed E-state index contributed by atoms with van der Waals surface area (Å²) in [5, 5.41) is 4.16. The number of aryl methyl sites for hydroxylation is 1. The molecule has 2 aliphatic carbocycles. The second kappa shape index (κ2) is 6.03. The summed E-state index contributed by atoms with van der Waals surface area (Å²) in [6, 6.07) is 6.77. The van der Waals surface area contributed by atoms with E-state index in [-0.39, 0.29) is 17.3 Å². The Labute approximate surface area is 173 Å². The maximum Gasteiger partial charge on any atom is 0.258 e. The Balaban J connectivity index is 1.26. The van der Waals surface area contributed by atoms with E-state index >= 15 is 0 Å². The van der Waals surface area contributed by atoms with E-state index in [0.29, 0.717) is 59.1 Å². The number of carbonyl (C=O) groups excluding carboxylic acids is 1. The normalized spacial score (nSPS) is 26.0. The molecule has 30 heavy (non-hydrogen) atoms. The van der Waals surface area contributed by atoms with Crippen LogP contribution in [0.15, 0.2) is 35.0 Å². The molecule has 6 rings (SSSR count). The van der Waals surface area contributed by atoms with Crippen LogP contribution in [0.1, 0.15) is 47.4 Å². The molecule has 1 aromatic carbocycles. The molecule has 3 aliphatic rings. The van der Waals surface area contributed by atoms with Crippen molar-refractivity contribution >= 4 is 22.8 Å². The molecular formula is C23H23FN4O2. The van der Waals surface area contributed by atoms with Gasteiger partial charge in [-0.15, -0.1) is 0 Å². The summed E-state index contributed by atoms with van der Waals surface area (Å²) in [6.07, 6.45) is 3.64. The van der Waals surface area contributed by atoms with Crippen LogP contribution in [0.5, 0.6) is 0 Å². The molecule has 1 amide bonds. The molecule has 0 radical (unpaired) electrons. The highest BCUT2D eigenvalue weighted by atomic mass is 19.1. The number of likely N-dealkylation sites (tertiary alicyclic amines) is 1. The van der Waals surface area contributed by atoms with Crippen LogP contribution in [-0.4, -0.2) is 39.4 Å². The Hall–Kier alpha value is -2.96. The minimum absolute atomic E-state index is 0.0184. The predicted molar refractivity (Wildman–Crippen MR) is 110 cm³/mol. The minimum atomic E-state index is -0.213. The van der Waals surface area contributed by atoms with Crippen LogP contribution in [0.25, 0.3) is 11.1 Å². The minimum Gasteiger partial charge on any atom is -0.442 e. The van der Waals surface area contributed by atoms with Gasteiger partial charge in [0.15, 0.2) is 0 Å². The molecule has 154 valence electrons. The highest BCUT2D eigenvalue weighted by molar-refractivity contribution is 6.10. The van der Waals surface area contributed by atoms with Crippen molar-refractivity contribution in [2.45, 2.75) is 38.1 Å². The van der Waals surface area contributed by atoms with E-state index in [9.17, 15) is 9.18 Å². The number of aromatic nitrogens is 2. The molecule has 2 saturated carbocycles. The fourth-order valence-corrected chi connectivity index (χ4v) is 5.02. The lowest BCUT2D eigenvalue weighted by molar-refractivity contribution is 0.0772. The van der Waals surface area contributed by atoms with Gasteiger partial charge in [0.05, 0.1) is 10.9 Å². The van der Waals surface area contributed by atoms with Crippen molar-refractivity contribution in [3.63, 3.8) is 0 Å². The highest BCUT2D eigenvalue weighted by Crippen LogP contribution is 2.58. The zero-order valence-corrected chi connectivity index (χ0v) is 17.0. The maximum atomic E-state index is 13.5. The average molecular weight is 406 g/mol. The number of hydrogen-bond donors (Lipinski definition) is 1. The lowest BCUT2D eigenvalue weighted by atomic mass is 10.1. The van der Waals surface area contributed by atoms with E-state index in [0.717, 1.165) is 12.8 Å². The maximum absolute atomic E-state index is 13.5. The number of furan rings is 1. The topological polar surface area (TPSA) is 71.3 Å². The van der Waals surface area contributed by atoms with E-state index in [1.807, 2.05) is 24.0 Å². The van der Waals surface area contributed by atoms with E-state index in [1.54, 1.807) is 0 Å². The van der Waals surface area contributed by atoms with Gasteiger partial charge in [-0.3, -0.25) is 4.79 Å². The van der Waals surface area contributed by atoms with Gasteiger partial charge in [-0.1, -0.05) is 12.1 Å². The zero-order chi connectivity index (χ0) is 20.6. The van der Waals surface area contributed by atoms with Gasteiger partial charge in [-0.25, -0.2) is 14.4 Å². The second-order valence-electron chi connectivity index (χ2n) is 9.24. The van der Waals surface area contributed by atoms with Gasteiger partial charge in [-0.05, 0) is 62.1 Å². The van der Waals surface area contributed by atoms with Crippen molar-refractivity contribution in [3.05, 3.63) is 53.3 Å². The van der Waals surface area contributed by atoms with Crippen LogP contribution < -0.4 is 5.32 Å². The van der Waals surface area contributed by atoms with Gasteiger partial charge in [0.25, 0.3) is 5.91 Å². The van der Waals surface area contributed by atoms with Gasteiger partial charge in [0, 0.05) is 18.6 Å². The number of halogens is 1. The lowest BCUT2D eigenvalue weighted by Crippen LogP contribution is -2.31. The van der Waals surface area contributed by atoms with Crippen LogP contribution >= 0.6 is 0 Å². The summed E-state index contributed by atoms with van der Waals surface area (Å²) in [7, 11) is 0. The average Bonchev–Trinajstić information content (AvgIpc) is 3.50. The first-order chi connectivity index (χ1) is 14.4. The molecule has 3 fully saturated rings. The smallest absolute Gasteiger partial charge is 0.258 e. The summed E-state index contributed by atoms with van der Waals surface area (Å²) < 4.78 is 19.0. The summed E-state index contributed by atoms with van der Waals surface area (Å²) in [4.78, 5) is 24.0. The largest absolute Gasteiger partial charge is 0.442 e. The Kier molecular flexibility index (Phi) is 3.59. The lowest BCUT2D eigenvalue weighted by Gasteiger charge is -2.20. The van der Waals surface area contributed by atoms with Crippen molar-refractivity contribution in [1.29, 1.82) is 0 Å². The number of nitrogens with one attached hydrogen (secondary N) is 1. The summed E-state index contributed by atoms with van der Waals surface area (Å²) in [5.74, 6) is 2.33. The molecule has 0 unspecified atom stereocenters. The van der Waals surface area contributed by atoms with E-state index in [2.05, 4.69) is 22.2 Å². The van der Waals surface area contributed by atoms with Crippen molar-refractivity contribution in [1.82, 2.24) is 14.9 Å². The van der Waals surface area contributed by atoms with Crippen LogP contribution in [0.2, 0.25) is 0 Å². The van der Waals surface area contributed by atoms with Crippen molar-refractivity contribution in [3.8, 4) is 0 Å². The van der Waals surface area contributed by atoms with Gasteiger partial charge in [-0.2, -0.15) is 0 Å². The van der Waals surface area contributed by atoms with Gasteiger partial charge >= 0.3 is 0 Å². The molecule has 2 aromatic heterocycles. The van der Waals surface area contributed by atoms with Gasteiger partial charge < -0.3 is 14.6 Å². The number of rotatable bonds is 4.